The molecule has 0 aliphatic rings. The highest BCUT2D eigenvalue weighted by Crippen LogP contribution is 2.18. The molecule has 0 aromatic heterocycles. The van der Waals surface area contributed by atoms with Crippen LogP contribution in [0.4, 0.5) is 17.6 Å². The van der Waals surface area contributed by atoms with Crippen LogP contribution in [-0.2, 0) is 4.79 Å². The highest BCUT2D eigenvalue weighted by molar-refractivity contribution is 5.70. The van der Waals surface area contributed by atoms with Gasteiger partial charge in [-0.2, -0.15) is 0 Å². The van der Waals surface area contributed by atoms with Gasteiger partial charge >= 0.3 is 5.97 Å². The van der Waals surface area contributed by atoms with E-state index < -0.39 is 24.7 Å². The van der Waals surface area contributed by atoms with Gasteiger partial charge in [0.15, 0.2) is 5.92 Å². The molecule has 0 spiro atoms. The van der Waals surface area contributed by atoms with Gasteiger partial charge in [0, 0.05) is 0 Å². The van der Waals surface area contributed by atoms with E-state index in [1.807, 2.05) is 0 Å². The number of aliphatic carboxylic acids is 1. The minimum absolute atomic E-state index is 2.18. The second-order valence-electron chi connectivity index (χ2n) is 1.53. The Morgan fingerprint density at radius 1 is 1.10 bits per heavy atom. The minimum Gasteiger partial charge on any atom is -0.481 e. The van der Waals surface area contributed by atoms with Gasteiger partial charge in [-0.15, -0.1) is 0 Å². The molecule has 0 saturated carbocycles. The molecule has 6 heteroatoms. The lowest BCUT2D eigenvalue weighted by atomic mass is 10.2. The monoisotopic (exact) mass is 160 g/mol. The van der Waals surface area contributed by atoms with Gasteiger partial charge in [-0.05, 0) is 0 Å². The van der Waals surface area contributed by atoms with Gasteiger partial charge in [-0.25, -0.2) is 17.6 Å². The molecule has 0 aromatic carbocycles. The summed E-state index contributed by atoms with van der Waals surface area (Å²) in [4.78, 5) is 9.62. The fourth-order valence-electron chi connectivity index (χ4n) is 0.326. The third-order valence-corrected chi connectivity index (χ3v) is 0.828. The quantitative estimate of drug-likeness (QED) is 0.630. The maximum atomic E-state index is 11.3. The van der Waals surface area contributed by atoms with Gasteiger partial charge in [-0.3, -0.25) is 4.79 Å². The molecule has 0 atom stereocenters. The molecule has 10 heavy (non-hydrogen) atoms. The SMILES string of the molecule is O=C(O)C(C(F)F)C(F)F. The van der Waals surface area contributed by atoms with E-state index in [-0.39, 0.29) is 0 Å². The molecule has 0 fully saturated rings. The second-order valence-corrected chi connectivity index (χ2v) is 1.53. The van der Waals surface area contributed by atoms with Gasteiger partial charge in [0.1, 0.15) is 0 Å². The van der Waals surface area contributed by atoms with Crippen molar-refractivity contribution in [3.8, 4) is 0 Å². The zero-order chi connectivity index (χ0) is 8.31. The molecule has 0 rings (SSSR count). The lowest BCUT2D eigenvalue weighted by Crippen LogP contribution is -2.28. The van der Waals surface area contributed by atoms with Crippen LogP contribution in [0.25, 0.3) is 0 Å². The maximum absolute atomic E-state index is 11.3. The average Bonchev–Trinajstić information content (AvgIpc) is 1.59. The van der Waals surface area contributed by atoms with Crippen LogP contribution in [0.2, 0.25) is 0 Å². The first-order chi connectivity index (χ1) is 4.46. The highest BCUT2D eigenvalue weighted by Gasteiger charge is 2.36. The Morgan fingerprint density at radius 3 is 1.40 bits per heavy atom. The first-order valence-corrected chi connectivity index (χ1v) is 2.26. The standard InChI is InChI=1S/C4H4F4O2/c5-2(6)1(3(7)8)4(9)10/h1-3H,(H,9,10). The number of carboxylic acids is 1. The molecule has 0 heterocycles. The van der Waals surface area contributed by atoms with E-state index in [4.69, 9.17) is 5.11 Å². The van der Waals surface area contributed by atoms with Gasteiger partial charge in [-0.1, -0.05) is 0 Å². The fraction of sp³-hybridized carbons (Fsp3) is 0.750. The average molecular weight is 160 g/mol. The van der Waals surface area contributed by atoms with Gasteiger partial charge in [0.2, 0.25) is 0 Å². The van der Waals surface area contributed by atoms with Crippen molar-refractivity contribution in [1.82, 2.24) is 0 Å². The number of carboxylic acid groups (broad SMARTS) is 1. The topological polar surface area (TPSA) is 37.3 Å². The predicted molar refractivity (Wildman–Crippen MR) is 23.1 cm³/mol. The lowest BCUT2D eigenvalue weighted by molar-refractivity contribution is -0.155. The number of halogens is 4. The Labute approximate surface area is 53.5 Å². The summed E-state index contributed by atoms with van der Waals surface area (Å²) in [5.41, 5.74) is 0. The summed E-state index contributed by atoms with van der Waals surface area (Å²) in [5, 5.41) is 7.75. The molecular weight excluding hydrogens is 156 g/mol. The summed E-state index contributed by atoms with van der Waals surface area (Å²) >= 11 is 0. The summed E-state index contributed by atoms with van der Waals surface area (Å²) in [6.07, 6.45) is -7.03. The van der Waals surface area contributed by atoms with Crippen molar-refractivity contribution in [2.75, 3.05) is 0 Å². The van der Waals surface area contributed by atoms with E-state index in [1.165, 1.54) is 0 Å². The second kappa shape index (κ2) is 3.38. The zero-order valence-corrected chi connectivity index (χ0v) is 4.60. The fourth-order valence-corrected chi connectivity index (χ4v) is 0.326. The van der Waals surface area contributed by atoms with E-state index in [0.717, 1.165) is 0 Å². The Kier molecular flexibility index (Phi) is 3.11. The minimum atomic E-state index is -3.52. The molecule has 1 N–H and O–H groups in total. The summed E-state index contributed by atoms with van der Waals surface area (Å²) in [7, 11) is 0. The molecule has 0 unspecified atom stereocenters. The number of hydrogen-bond donors (Lipinski definition) is 1. The van der Waals surface area contributed by atoms with Crippen molar-refractivity contribution in [1.29, 1.82) is 0 Å². The molecule has 0 aliphatic heterocycles. The third kappa shape index (κ3) is 2.20. The Morgan fingerprint density at radius 2 is 1.40 bits per heavy atom. The Bertz CT molecular complexity index is 116. The van der Waals surface area contributed by atoms with E-state index in [0.29, 0.717) is 0 Å². The Balaban J connectivity index is 4.12. The Hall–Kier alpha value is -0.810. The van der Waals surface area contributed by atoms with Crippen LogP contribution in [0.5, 0.6) is 0 Å². The van der Waals surface area contributed by atoms with Crippen molar-refractivity contribution in [2.45, 2.75) is 12.9 Å². The van der Waals surface area contributed by atoms with E-state index in [2.05, 4.69) is 0 Å². The van der Waals surface area contributed by atoms with Crippen LogP contribution < -0.4 is 0 Å². The van der Waals surface area contributed by atoms with Crippen LogP contribution in [0.15, 0.2) is 0 Å². The zero-order valence-electron chi connectivity index (χ0n) is 4.60. The van der Waals surface area contributed by atoms with Crippen LogP contribution >= 0.6 is 0 Å². The van der Waals surface area contributed by atoms with E-state index >= 15 is 0 Å². The predicted octanol–water partition coefficient (Wildman–Crippen LogP) is 1.22. The van der Waals surface area contributed by atoms with Gasteiger partial charge in [0.05, 0.1) is 0 Å². The van der Waals surface area contributed by atoms with Crippen molar-refractivity contribution in [2.24, 2.45) is 5.92 Å². The summed E-state index contributed by atoms with van der Waals surface area (Å²) in [5.74, 6) is -5.04. The normalized spacial score (nSPS) is 11.5. The molecule has 0 radical (unpaired) electrons. The highest BCUT2D eigenvalue weighted by atomic mass is 19.3. The van der Waals surface area contributed by atoms with Gasteiger partial charge < -0.3 is 5.11 Å². The van der Waals surface area contributed by atoms with Crippen molar-refractivity contribution >= 4 is 5.97 Å². The molecule has 0 saturated heterocycles. The molecule has 0 aliphatic carbocycles. The van der Waals surface area contributed by atoms with Crippen LogP contribution in [0.3, 0.4) is 0 Å². The maximum Gasteiger partial charge on any atom is 0.318 e. The van der Waals surface area contributed by atoms with Crippen molar-refractivity contribution in [3.63, 3.8) is 0 Å². The summed E-state index contributed by atoms with van der Waals surface area (Å²) < 4.78 is 45.4. The molecule has 60 valence electrons. The number of carbonyl (C=O) groups is 1. The first-order valence-electron chi connectivity index (χ1n) is 2.26. The number of alkyl halides is 4. The first kappa shape index (κ1) is 9.19. The number of rotatable bonds is 3. The lowest BCUT2D eigenvalue weighted by Gasteiger charge is -2.07. The third-order valence-electron chi connectivity index (χ3n) is 0.828. The molecule has 0 aromatic rings. The molecule has 0 bridgehead atoms. The van der Waals surface area contributed by atoms with Crippen molar-refractivity contribution in [3.05, 3.63) is 0 Å². The van der Waals surface area contributed by atoms with Crippen molar-refractivity contribution < 1.29 is 27.5 Å². The van der Waals surface area contributed by atoms with Crippen LogP contribution in [0, 0.1) is 5.92 Å². The molecule has 2 nitrogen and oxygen atoms in total. The van der Waals surface area contributed by atoms with Crippen LogP contribution in [0.1, 0.15) is 0 Å². The molecular formula is C4H4F4O2. The largest absolute Gasteiger partial charge is 0.481 e. The summed E-state index contributed by atoms with van der Waals surface area (Å²) in [6.45, 7) is 0. The van der Waals surface area contributed by atoms with Crippen LogP contribution in [-0.4, -0.2) is 23.9 Å². The van der Waals surface area contributed by atoms with E-state index in [1.54, 1.807) is 0 Å². The summed E-state index contributed by atoms with van der Waals surface area (Å²) in [6, 6.07) is 0. The van der Waals surface area contributed by atoms with E-state index in [9.17, 15) is 22.4 Å². The number of hydrogen-bond acceptors (Lipinski definition) is 1. The smallest absolute Gasteiger partial charge is 0.318 e. The van der Waals surface area contributed by atoms with Gasteiger partial charge in [0.25, 0.3) is 12.9 Å². The molecule has 0 amide bonds.